The molecule has 156 valence electrons. The molecule has 3 N–H and O–H groups in total. The number of benzene rings is 2. The van der Waals surface area contributed by atoms with Gasteiger partial charge in [0.1, 0.15) is 17.5 Å². The van der Waals surface area contributed by atoms with Gasteiger partial charge >= 0.3 is 0 Å². The maximum Gasteiger partial charge on any atom is 0.122 e. The van der Waals surface area contributed by atoms with E-state index >= 15 is 0 Å². The molecule has 1 unspecified atom stereocenters. The first-order valence-electron chi connectivity index (χ1n) is 10.1. The standard InChI is InChI=1S/C23H27ClO5/c1-2-28-18-6-3-15(4-7-18)11-16-12-17(5-8-19(16)24)23-10-9-22(14-25,29-23)13-20(26)21(23)27/h3-8,12,20-21,25-27H,2,9-11,13-14H2,1H3/t20?,21-,22+,23+/m1/s1. The minimum absolute atomic E-state index is 0.175. The molecule has 2 heterocycles. The summed E-state index contributed by atoms with van der Waals surface area (Å²) in [5.74, 6) is 0.828. The Balaban J connectivity index is 1.64. The molecule has 0 spiro atoms. The Morgan fingerprint density at radius 2 is 1.90 bits per heavy atom. The monoisotopic (exact) mass is 418 g/mol. The van der Waals surface area contributed by atoms with Gasteiger partial charge in [-0.15, -0.1) is 0 Å². The molecule has 2 saturated heterocycles. The molecule has 2 bridgehead atoms. The van der Waals surface area contributed by atoms with Crippen LogP contribution >= 0.6 is 11.6 Å². The summed E-state index contributed by atoms with van der Waals surface area (Å²) in [6.45, 7) is 2.40. The Bertz CT molecular complexity index is 870. The molecule has 2 aliphatic heterocycles. The predicted octanol–water partition coefficient (Wildman–Crippen LogP) is 3.19. The zero-order valence-electron chi connectivity index (χ0n) is 16.5. The summed E-state index contributed by atoms with van der Waals surface area (Å²) < 4.78 is 11.8. The SMILES string of the molecule is CCOc1ccc(Cc2cc([C@@]34CC[C@@](CO)(CC(O)[C@H]3O)O4)ccc2Cl)cc1. The van der Waals surface area contributed by atoms with E-state index in [0.717, 1.165) is 22.4 Å². The Morgan fingerprint density at radius 3 is 2.59 bits per heavy atom. The molecule has 5 nitrogen and oxygen atoms in total. The average Bonchev–Trinajstić information content (AvgIpc) is 3.07. The lowest BCUT2D eigenvalue weighted by Gasteiger charge is -2.45. The zero-order valence-corrected chi connectivity index (χ0v) is 17.2. The molecule has 2 fully saturated rings. The van der Waals surface area contributed by atoms with Gasteiger partial charge in [0.2, 0.25) is 0 Å². The van der Waals surface area contributed by atoms with E-state index in [4.69, 9.17) is 21.1 Å². The van der Waals surface area contributed by atoms with Crippen LogP contribution in [0.3, 0.4) is 0 Å². The summed E-state index contributed by atoms with van der Waals surface area (Å²) in [5.41, 5.74) is 0.960. The minimum Gasteiger partial charge on any atom is -0.494 e. The van der Waals surface area contributed by atoms with Gasteiger partial charge in [-0.3, -0.25) is 0 Å². The van der Waals surface area contributed by atoms with E-state index in [0.29, 0.717) is 30.9 Å². The molecule has 29 heavy (non-hydrogen) atoms. The maximum atomic E-state index is 10.8. The second-order valence-corrected chi connectivity index (χ2v) is 8.52. The lowest BCUT2D eigenvalue weighted by Crippen LogP contribution is -2.56. The number of fused-ring (bicyclic) bond motifs is 2. The molecule has 4 atom stereocenters. The number of ether oxygens (including phenoxy) is 2. The van der Waals surface area contributed by atoms with Crippen LogP contribution < -0.4 is 4.74 Å². The predicted molar refractivity (Wildman–Crippen MR) is 110 cm³/mol. The lowest BCUT2D eigenvalue weighted by molar-refractivity contribution is -0.245. The highest BCUT2D eigenvalue weighted by Gasteiger charge is 2.60. The van der Waals surface area contributed by atoms with Crippen LogP contribution in [0.25, 0.3) is 0 Å². The van der Waals surface area contributed by atoms with Crippen molar-refractivity contribution in [2.24, 2.45) is 0 Å². The maximum absolute atomic E-state index is 10.8. The van der Waals surface area contributed by atoms with Crippen LogP contribution in [0, 0.1) is 0 Å². The Morgan fingerprint density at radius 1 is 1.14 bits per heavy atom. The van der Waals surface area contributed by atoms with Crippen molar-refractivity contribution in [3.63, 3.8) is 0 Å². The van der Waals surface area contributed by atoms with Gasteiger partial charge in [0.15, 0.2) is 0 Å². The van der Waals surface area contributed by atoms with E-state index in [9.17, 15) is 15.3 Å². The van der Waals surface area contributed by atoms with Crippen molar-refractivity contribution < 1.29 is 24.8 Å². The highest BCUT2D eigenvalue weighted by atomic mass is 35.5. The third kappa shape index (κ3) is 3.66. The van der Waals surface area contributed by atoms with Gasteiger partial charge in [-0.1, -0.05) is 35.9 Å². The molecule has 2 aromatic carbocycles. The van der Waals surface area contributed by atoms with Crippen molar-refractivity contribution in [3.8, 4) is 5.75 Å². The topological polar surface area (TPSA) is 79.2 Å². The first-order valence-corrected chi connectivity index (χ1v) is 10.5. The fraction of sp³-hybridized carbons (Fsp3) is 0.478. The van der Waals surface area contributed by atoms with Crippen LogP contribution in [-0.4, -0.2) is 46.3 Å². The van der Waals surface area contributed by atoms with Crippen molar-refractivity contribution in [2.75, 3.05) is 13.2 Å². The number of aliphatic hydroxyl groups is 3. The van der Waals surface area contributed by atoms with E-state index < -0.39 is 23.4 Å². The van der Waals surface area contributed by atoms with Crippen molar-refractivity contribution in [1.29, 1.82) is 0 Å². The Kier molecular flexibility index (Phi) is 5.62. The fourth-order valence-corrected chi connectivity index (χ4v) is 4.86. The number of halogens is 1. The summed E-state index contributed by atoms with van der Waals surface area (Å²) in [6.07, 6.45) is -0.00430. The van der Waals surface area contributed by atoms with Gasteiger partial charge in [-0.05, 0) is 61.1 Å². The molecule has 0 aliphatic carbocycles. The molecule has 2 aliphatic rings. The molecule has 6 heteroatoms. The van der Waals surface area contributed by atoms with Crippen LogP contribution in [0.4, 0.5) is 0 Å². The fourth-order valence-electron chi connectivity index (χ4n) is 4.67. The Hall–Kier alpha value is -1.63. The van der Waals surface area contributed by atoms with Crippen molar-refractivity contribution in [1.82, 2.24) is 0 Å². The van der Waals surface area contributed by atoms with Crippen LogP contribution in [0.15, 0.2) is 42.5 Å². The first-order chi connectivity index (χ1) is 13.9. The average molecular weight is 419 g/mol. The van der Waals surface area contributed by atoms with Gasteiger partial charge in [-0.25, -0.2) is 0 Å². The normalized spacial score (nSPS) is 31.1. The molecule has 2 aromatic rings. The molecule has 0 saturated carbocycles. The summed E-state index contributed by atoms with van der Waals surface area (Å²) in [5, 5.41) is 31.7. The zero-order chi connectivity index (χ0) is 20.6. The van der Waals surface area contributed by atoms with E-state index in [1.165, 1.54) is 0 Å². The number of hydrogen-bond donors (Lipinski definition) is 3. The van der Waals surface area contributed by atoms with Gasteiger partial charge in [0.05, 0.1) is 24.9 Å². The summed E-state index contributed by atoms with van der Waals surface area (Å²) in [7, 11) is 0. The summed E-state index contributed by atoms with van der Waals surface area (Å²) >= 11 is 6.47. The molecular weight excluding hydrogens is 392 g/mol. The van der Waals surface area contributed by atoms with Gasteiger partial charge in [-0.2, -0.15) is 0 Å². The van der Waals surface area contributed by atoms with E-state index in [-0.39, 0.29) is 13.0 Å². The molecular formula is C23H27ClO5. The summed E-state index contributed by atoms with van der Waals surface area (Å²) in [4.78, 5) is 0. The second-order valence-electron chi connectivity index (χ2n) is 8.11. The summed E-state index contributed by atoms with van der Waals surface area (Å²) in [6, 6.07) is 13.5. The van der Waals surface area contributed by atoms with E-state index in [1.807, 2.05) is 49.4 Å². The Labute approximate surface area is 175 Å². The number of rotatable bonds is 6. The molecule has 0 radical (unpaired) electrons. The first kappa shape index (κ1) is 20.6. The van der Waals surface area contributed by atoms with Crippen LogP contribution in [0.1, 0.15) is 42.9 Å². The van der Waals surface area contributed by atoms with Crippen molar-refractivity contribution >= 4 is 11.6 Å². The van der Waals surface area contributed by atoms with Crippen LogP contribution in [-0.2, 0) is 16.8 Å². The number of aliphatic hydroxyl groups excluding tert-OH is 3. The van der Waals surface area contributed by atoms with E-state index in [1.54, 1.807) is 0 Å². The quantitative estimate of drug-likeness (QED) is 0.671. The minimum atomic E-state index is -1.05. The molecule has 4 rings (SSSR count). The van der Waals surface area contributed by atoms with Gasteiger partial charge in [0, 0.05) is 11.4 Å². The van der Waals surface area contributed by atoms with E-state index in [2.05, 4.69) is 0 Å². The molecule has 0 amide bonds. The molecule has 0 aromatic heterocycles. The number of hydrogen-bond acceptors (Lipinski definition) is 5. The van der Waals surface area contributed by atoms with Crippen molar-refractivity contribution in [3.05, 3.63) is 64.2 Å². The largest absolute Gasteiger partial charge is 0.494 e. The highest BCUT2D eigenvalue weighted by Crippen LogP contribution is 2.53. The third-order valence-corrected chi connectivity index (χ3v) is 6.59. The lowest BCUT2D eigenvalue weighted by atomic mass is 9.81. The van der Waals surface area contributed by atoms with Crippen LogP contribution in [0.5, 0.6) is 5.75 Å². The van der Waals surface area contributed by atoms with Gasteiger partial charge < -0.3 is 24.8 Å². The third-order valence-electron chi connectivity index (χ3n) is 6.23. The second kappa shape index (κ2) is 7.89. The van der Waals surface area contributed by atoms with Crippen molar-refractivity contribution in [2.45, 2.75) is 56.0 Å². The van der Waals surface area contributed by atoms with Gasteiger partial charge in [0.25, 0.3) is 0 Å². The smallest absolute Gasteiger partial charge is 0.122 e. The highest BCUT2D eigenvalue weighted by molar-refractivity contribution is 6.31. The van der Waals surface area contributed by atoms with Crippen LogP contribution in [0.2, 0.25) is 5.02 Å².